The highest BCUT2D eigenvalue weighted by molar-refractivity contribution is 5.92. The van der Waals surface area contributed by atoms with Crippen LogP contribution in [0.4, 0.5) is 0 Å². The molecule has 0 spiro atoms. The van der Waals surface area contributed by atoms with Gasteiger partial charge in [0, 0.05) is 11.8 Å². The molecule has 2 saturated heterocycles. The summed E-state index contributed by atoms with van der Waals surface area (Å²) in [5.74, 6) is -0.0732. The molecule has 2 fully saturated rings. The van der Waals surface area contributed by atoms with E-state index in [1.54, 1.807) is 33.8 Å². The van der Waals surface area contributed by atoms with Crippen molar-refractivity contribution < 1.29 is 59.5 Å². The summed E-state index contributed by atoms with van der Waals surface area (Å²) >= 11 is 0. The molecule has 3 aliphatic rings. The quantitative estimate of drug-likeness (QED) is 0.173. The van der Waals surface area contributed by atoms with Gasteiger partial charge in [-0.2, -0.15) is 0 Å². The van der Waals surface area contributed by atoms with Gasteiger partial charge in [-0.15, -0.1) is 0 Å². The van der Waals surface area contributed by atoms with E-state index in [1.807, 2.05) is 0 Å². The van der Waals surface area contributed by atoms with Crippen LogP contribution in [-0.2, 0) is 23.7 Å². The molecular weight excluding hydrogens is 480 g/mol. The Balaban J connectivity index is 1.64. The second-order valence-corrected chi connectivity index (χ2v) is 10.6. The van der Waals surface area contributed by atoms with E-state index < -0.39 is 79.0 Å². The maximum Gasteiger partial charge on any atom is 0.187 e. The molecule has 206 valence electrons. The molecule has 7 N–H and O–H groups in total. The number of aliphatic hydroxyl groups excluding tert-OH is 5. The van der Waals surface area contributed by atoms with Crippen LogP contribution in [0.5, 0.6) is 0 Å². The fourth-order valence-corrected chi connectivity index (χ4v) is 4.69. The first-order valence-electron chi connectivity index (χ1n) is 11.9. The van der Waals surface area contributed by atoms with E-state index in [-0.39, 0.29) is 18.8 Å². The van der Waals surface area contributed by atoms with Gasteiger partial charge in [0.05, 0.1) is 25.9 Å². The topological polar surface area (TPSA) is 196 Å². The maximum absolute atomic E-state index is 11.9. The van der Waals surface area contributed by atoms with E-state index in [0.29, 0.717) is 5.57 Å². The van der Waals surface area contributed by atoms with Crippen molar-refractivity contribution in [1.82, 2.24) is 0 Å². The molecule has 0 bridgehead atoms. The predicted molar refractivity (Wildman–Crippen MR) is 122 cm³/mol. The molecule has 0 radical (unpaired) electrons. The van der Waals surface area contributed by atoms with Crippen LogP contribution < -0.4 is 0 Å². The Hall–Kier alpha value is -1.29. The van der Waals surface area contributed by atoms with Crippen LogP contribution in [0.3, 0.4) is 0 Å². The van der Waals surface area contributed by atoms with Crippen molar-refractivity contribution >= 4 is 5.78 Å². The zero-order valence-electron chi connectivity index (χ0n) is 20.9. The summed E-state index contributed by atoms with van der Waals surface area (Å²) < 4.78 is 21.9. The fourth-order valence-electron chi connectivity index (χ4n) is 4.69. The van der Waals surface area contributed by atoms with Gasteiger partial charge in [0.1, 0.15) is 41.7 Å². The van der Waals surface area contributed by atoms with E-state index in [1.165, 1.54) is 12.2 Å². The van der Waals surface area contributed by atoms with Crippen LogP contribution in [0.25, 0.3) is 0 Å². The lowest BCUT2D eigenvalue weighted by molar-refractivity contribution is -0.314. The monoisotopic (exact) mass is 518 g/mol. The zero-order chi connectivity index (χ0) is 27.1. The summed E-state index contributed by atoms with van der Waals surface area (Å²) in [6.45, 7) is 5.33. The first kappa shape index (κ1) is 29.3. The van der Waals surface area contributed by atoms with Crippen LogP contribution in [0.15, 0.2) is 23.8 Å². The van der Waals surface area contributed by atoms with Crippen LogP contribution in [-0.4, -0.2) is 122 Å². The number of ether oxygens (including phenoxy) is 4. The second kappa shape index (κ2) is 10.8. The van der Waals surface area contributed by atoms with Gasteiger partial charge in [-0.1, -0.05) is 19.9 Å². The molecule has 0 aromatic heterocycles. The Morgan fingerprint density at radius 1 is 1.14 bits per heavy atom. The Morgan fingerprint density at radius 3 is 2.39 bits per heavy atom. The molecule has 0 amide bonds. The normalized spacial score (nSPS) is 44.1. The van der Waals surface area contributed by atoms with Crippen LogP contribution in [0.2, 0.25) is 0 Å². The molecule has 3 rings (SSSR count). The average molecular weight is 519 g/mol. The molecule has 2 aliphatic heterocycles. The van der Waals surface area contributed by atoms with Crippen molar-refractivity contribution in [2.75, 3.05) is 19.8 Å². The van der Waals surface area contributed by atoms with Crippen molar-refractivity contribution in [3.63, 3.8) is 0 Å². The predicted octanol–water partition coefficient (Wildman–Crippen LogP) is -2.11. The standard InChI is InChI=1S/C24H38O12/c1-12-7-14(26)8-22(3,4)24(12,32)6-5-13(2)35-20-18(29)17(28)16(27)15(36-20)9-33-21-19(30)23(31,10-25)11-34-21/h5-7,13,15-21,25,27-32H,8-11H2,1-4H3/b6-5+/t13-,15+,16+,17-,18+,19-,20+,21+,23+,24+/m0/s1. The van der Waals surface area contributed by atoms with Crippen LogP contribution in [0, 0.1) is 5.41 Å². The number of hydrogen-bond donors (Lipinski definition) is 7. The number of allylic oxidation sites excluding steroid dienone is 1. The van der Waals surface area contributed by atoms with Gasteiger partial charge >= 0.3 is 0 Å². The maximum atomic E-state index is 11.9. The average Bonchev–Trinajstić information content (AvgIpc) is 3.09. The van der Waals surface area contributed by atoms with Crippen molar-refractivity contribution in [2.45, 2.75) is 94.5 Å². The van der Waals surface area contributed by atoms with Gasteiger partial charge in [-0.3, -0.25) is 4.79 Å². The first-order chi connectivity index (χ1) is 16.6. The number of carbonyl (C=O) groups excluding carboxylic acids is 1. The largest absolute Gasteiger partial charge is 0.393 e. The Labute approximate surface area is 209 Å². The van der Waals surface area contributed by atoms with E-state index >= 15 is 0 Å². The summed E-state index contributed by atoms with van der Waals surface area (Å²) in [5, 5.41) is 71.6. The molecule has 0 unspecified atom stereocenters. The van der Waals surface area contributed by atoms with E-state index in [0.717, 1.165) is 0 Å². The third-order valence-electron chi connectivity index (χ3n) is 7.26. The second-order valence-electron chi connectivity index (χ2n) is 10.6. The minimum atomic E-state index is -1.89. The highest BCUT2D eigenvalue weighted by Gasteiger charge is 2.50. The molecular formula is C24H38O12. The number of aliphatic hydroxyl groups is 7. The minimum absolute atomic E-state index is 0.0732. The molecule has 0 aromatic rings. The molecule has 0 saturated carbocycles. The number of carbonyl (C=O) groups is 1. The van der Waals surface area contributed by atoms with Gasteiger partial charge in [0.15, 0.2) is 18.4 Å². The molecule has 0 aromatic carbocycles. The molecule has 10 atom stereocenters. The van der Waals surface area contributed by atoms with Crippen molar-refractivity contribution in [3.05, 3.63) is 23.8 Å². The Morgan fingerprint density at radius 2 is 1.81 bits per heavy atom. The number of rotatable bonds is 8. The number of hydrogen-bond acceptors (Lipinski definition) is 12. The van der Waals surface area contributed by atoms with E-state index in [2.05, 4.69) is 0 Å². The SMILES string of the molecule is CC1=CC(=O)CC(C)(C)[C@@]1(O)/C=C/[C@H](C)O[C@@H]1O[C@H](CO[C@@H]2OC[C@](O)(CO)[C@H]2O)[C@@H](O)[C@H](O)[C@H]1O. The fraction of sp³-hybridized carbons (Fsp3) is 0.792. The summed E-state index contributed by atoms with van der Waals surface area (Å²) in [4.78, 5) is 11.9. The number of ketones is 1. The van der Waals surface area contributed by atoms with Crippen molar-refractivity contribution in [3.8, 4) is 0 Å². The van der Waals surface area contributed by atoms with Crippen molar-refractivity contribution in [1.29, 1.82) is 0 Å². The summed E-state index contributed by atoms with van der Waals surface area (Å²) in [7, 11) is 0. The lowest BCUT2D eigenvalue weighted by atomic mass is 9.64. The highest BCUT2D eigenvalue weighted by Crippen LogP contribution is 2.44. The Kier molecular flexibility index (Phi) is 8.80. The summed E-state index contributed by atoms with van der Waals surface area (Å²) in [6.07, 6.45) is -6.34. The lowest BCUT2D eigenvalue weighted by Gasteiger charge is -2.44. The van der Waals surface area contributed by atoms with Crippen LogP contribution in [0.1, 0.15) is 34.1 Å². The summed E-state index contributed by atoms with van der Waals surface area (Å²) in [6, 6.07) is 0. The third kappa shape index (κ3) is 5.59. The highest BCUT2D eigenvalue weighted by atomic mass is 16.7. The molecule has 2 heterocycles. The van der Waals surface area contributed by atoms with Gasteiger partial charge in [-0.25, -0.2) is 0 Å². The van der Waals surface area contributed by atoms with Gasteiger partial charge in [0.25, 0.3) is 0 Å². The van der Waals surface area contributed by atoms with Gasteiger partial charge in [-0.05, 0) is 31.6 Å². The van der Waals surface area contributed by atoms with E-state index in [9.17, 15) is 40.5 Å². The summed E-state index contributed by atoms with van der Waals surface area (Å²) in [5.41, 5.74) is -3.58. The van der Waals surface area contributed by atoms with Crippen LogP contribution >= 0.6 is 0 Å². The lowest BCUT2D eigenvalue weighted by Crippen LogP contribution is -2.60. The smallest absolute Gasteiger partial charge is 0.187 e. The van der Waals surface area contributed by atoms with Gasteiger partial charge in [0.2, 0.25) is 0 Å². The minimum Gasteiger partial charge on any atom is -0.393 e. The molecule has 1 aliphatic carbocycles. The zero-order valence-corrected chi connectivity index (χ0v) is 20.9. The molecule has 12 heteroatoms. The third-order valence-corrected chi connectivity index (χ3v) is 7.26. The Bertz CT molecular complexity index is 858. The van der Waals surface area contributed by atoms with Gasteiger partial charge < -0.3 is 54.7 Å². The first-order valence-corrected chi connectivity index (χ1v) is 11.9. The molecule has 36 heavy (non-hydrogen) atoms. The molecule has 12 nitrogen and oxygen atoms in total. The van der Waals surface area contributed by atoms with Crippen molar-refractivity contribution in [2.24, 2.45) is 5.41 Å². The van der Waals surface area contributed by atoms with E-state index in [4.69, 9.17) is 18.9 Å².